The van der Waals surface area contributed by atoms with Crippen LogP contribution in [0.2, 0.25) is 0 Å². The number of rotatable bonds is 4. The lowest BCUT2D eigenvalue weighted by Crippen LogP contribution is -2.50. The molecule has 0 atom stereocenters. The molecule has 2 amide bonds. The highest BCUT2D eigenvalue weighted by molar-refractivity contribution is 5.89. The van der Waals surface area contributed by atoms with E-state index in [4.69, 9.17) is 4.74 Å². The summed E-state index contributed by atoms with van der Waals surface area (Å²) in [6, 6.07) is 13.0. The summed E-state index contributed by atoms with van der Waals surface area (Å²) in [5, 5.41) is 2.93. The number of pyridine rings is 1. The van der Waals surface area contributed by atoms with Crippen molar-refractivity contribution >= 4 is 17.4 Å². The van der Waals surface area contributed by atoms with Crippen molar-refractivity contribution in [1.29, 1.82) is 0 Å². The fourth-order valence-electron chi connectivity index (χ4n) is 2.97. The molecule has 3 heterocycles. The normalized spacial score (nSPS) is 13.9. The van der Waals surface area contributed by atoms with Gasteiger partial charge in [0.25, 0.3) is 0 Å². The van der Waals surface area contributed by atoms with E-state index < -0.39 is 0 Å². The van der Waals surface area contributed by atoms with Crippen LogP contribution in [0.5, 0.6) is 11.8 Å². The first-order valence-electron chi connectivity index (χ1n) is 9.04. The molecule has 0 spiro atoms. The lowest BCUT2D eigenvalue weighted by molar-refractivity contribution is 0.208. The second-order valence-corrected chi connectivity index (χ2v) is 6.27. The number of aromatic nitrogens is 3. The maximum absolute atomic E-state index is 12.5. The Kier molecular flexibility index (Phi) is 5.28. The predicted molar refractivity (Wildman–Crippen MR) is 106 cm³/mol. The highest BCUT2D eigenvalue weighted by atomic mass is 16.5. The summed E-state index contributed by atoms with van der Waals surface area (Å²) in [6.45, 7) is 2.92. The van der Waals surface area contributed by atoms with Crippen LogP contribution in [0, 0.1) is 0 Å². The standard InChI is InChI=1S/C20H20N6O2/c27-20(26-14-12-25(13-15-26)17-6-10-21-11-7-17)24-16-2-4-18(5-3-16)28-19-22-8-1-9-23-19/h1-11H,12-15H2,(H,24,27). The number of ether oxygens (including phenoxy) is 1. The Morgan fingerprint density at radius 2 is 1.57 bits per heavy atom. The molecule has 0 saturated carbocycles. The number of hydrogen-bond acceptors (Lipinski definition) is 6. The lowest BCUT2D eigenvalue weighted by Gasteiger charge is -2.36. The molecule has 3 aromatic rings. The molecule has 4 rings (SSSR count). The molecule has 28 heavy (non-hydrogen) atoms. The van der Waals surface area contributed by atoms with Gasteiger partial charge in [-0.2, -0.15) is 0 Å². The van der Waals surface area contributed by atoms with E-state index in [-0.39, 0.29) is 12.0 Å². The molecule has 8 nitrogen and oxygen atoms in total. The van der Waals surface area contributed by atoms with Crippen molar-refractivity contribution in [3.8, 4) is 11.8 Å². The molecule has 1 saturated heterocycles. The predicted octanol–water partition coefficient (Wildman–Crippen LogP) is 3.02. The molecule has 0 bridgehead atoms. The number of amides is 2. The van der Waals surface area contributed by atoms with Crippen LogP contribution in [0.25, 0.3) is 0 Å². The second kappa shape index (κ2) is 8.34. The van der Waals surface area contributed by atoms with E-state index in [0.29, 0.717) is 24.5 Å². The Bertz CT molecular complexity index is 897. The zero-order valence-corrected chi connectivity index (χ0v) is 15.2. The number of anilines is 2. The Morgan fingerprint density at radius 1 is 0.893 bits per heavy atom. The summed E-state index contributed by atoms with van der Waals surface area (Å²) in [4.78, 5) is 28.7. The summed E-state index contributed by atoms with van der Waals surface area (Å²) < 4.78 is 5.55. The van der Waals surface area contributed by atoms with E-state index >= 15 is 0 Å². The van der Waals surface area contributed by atoms with Crippen LogP contribution in [0.4, 0.5) is 16.2 Å². The maximum Gasteiger partial charge on any atom is 0.321 e. The SMILES string of the molecule is O=C(Nc1ccc(Oc2ncccn2)cc1)N1CCN(c2ccncc2)CC1. The van der Waals surface area contributed by atoms with Crippen molar-refractivity contribution in [3.63, 3.8) is 0 Å². The van der Waals surface area contributed by atoms with Crippen molar-refractivity contribution in [2.75, 3.05) is 36.4 Å². The zero-order valence-electron chi connectivity index (χ0n) is 15.2. The van der Waals surface area contributed by atoms with Crippen LogP contribution in [0.15, 0.2) is 67.3 Å². The van der Waals surface area contributed by atoms with Gasteiger partial charge in [-0.15, -0.1) is 0 Å². The van der Waals surface area contributed by atoms with Gasteiger partial charge in [0.15, 0.2) is 0 Å². The third-order valence-electron chi connectivity index (χ3n) is 4.45. The van der Waals surface area contributed by atoms with Gasteiger partial charge in [-0.3, -0.25) is 4.98 Å². The minimum absolute atomic E-state index is 0.102. The molecule has 142 valence electrons. The van der Waals surface area contributed by atoms with Crippen molar-refractivity contribution in [2.24, 2.45) is 0 Å². The van der Waals surface area contributed by atoms with Crippen molar-refractivity contribution < 1.29 is 9.53 Å². The quantitative estimate of drug-likeness (QED) is 0.754. The van der Waals surface area contributed by atoms with Crippen LogP contribution < -0.4 is 15.0 Å². The number of nitrogens with zero attached hydrogens (tertiary/aromatic N) is 5. The van der Waals surface area contributed by atoms with Crippen LogP contribution in [-0.2, 0) is 0 Å². The highest BCUT2D eigenvalue weighted by Gasteiger charge is 2.21. The molecule has 8 heteroatoms. The number of nitrogens with one attached hydrogen (secondary N) is 1. The van der Waals surface area contributed by atoms with Crippen molar-refractivity contribution in [2.45, 2.75) is 0 Å². The van der Waals surface area contributed by atoms with Crippen LogP contribution >= 0.6 is 0 Å². The average Bonchev–Trinajstić information content (AvgIpc) is 2.76. The molecule has 1 fully saturated rings. The molecule has 1 aliphatic rings. The number of hydrogen-bond donors (Lipinski definition) is 1. The molecular formula is C20H20N6O2. The Morgan fingerprint density at radius 3 is 2.25 bits per heavy atom. The number of carbonyl (C=O) groups excluding carboxylic acids is 1. The first-order chi connectivity index (χ1) is 13.8. The highest BCUT2D eigenvalue weighted by Crippen LogP contribution is 2.20. The van der Waals surface area contributed by atoms with Gasteiger partial charge in [0.05, 0.1) is 0 Å². The van der Waals surface area contributed by atoms with Gasteiger partial charge in [0.2, 0.25) is 0 Å². The number of urea groups is 1. The Balaban J connectivity index is 1.29. The second-order valence-electron chi connectivity index (χ2n) is 6.27. The molecule has 0 unspecified atom stereocenters. The van der Waals surface area contributed by atoms with Crippen LogP contribution in [-0.4, -0.2) is 52.1 Å². The fraction of sp³-hybridized carbons (Fsp3) is 0.200. The summed E-state index contributed by atoms with van der Waals surface area (Å²) in [6.07, 6.45) is 6.80. The molecule has 1 N–H and O–H groups in total. The topological polar surface area (TPSA) is 83.5 Å². The zero-order chi connectivity index (χ0) is 19.2. The van der Waals surface area contributed by atoms with E-state index in [1.807, 2.05) is 17.0 Å². The number of benzene rings is 1. The summed E-state index contributed by atoms with van der Waals surface area (Å²) in [5.41, 5.74) is 1.84. The largest absolute Gasteiger partial charge is 0.424 e. The number of piperazine rings is 1. The summed E-state index contributed by atoms with van der Waals surface area (Å²) >= 11 is 0. The van der Waals surface area contributed by atoms with Gasteiger partial charge >= 0.3 is 12.0 Å². The minimum atomic E-state index is -0.102. The first kappa shape index (κ1) is 17.7. The molecule has 0 aliphatic carbocycles. The third-order valence-corrected chi connectivity index (χ3v) is 4.45. The molecular weight excluding hydrogens is 356 g/mol. The van der Waals surface area contributed by atoms with Crippen molar-refractivity contribution in [3.05, 3.63) is 67.3 Å². The molecule has 0 radical (unpaired) electrons. The van der Waals surface area contributed by atoms with E-state index in [0.717, 1.165) is 18.8 Å². The Labute approximate surface area is 162 Å². The van der Waals surface area contributed by atoms with Crippen molar-refractivity contribution in [1.82, 2.24) is 19.9 Å². The minimum Gasteiger partial charge on any atom is -0.424 e. The van der Waals surface area contributed by atoms with E-state index in [2.05, 4.69) is 25.2 Å². The third kappa shape index (κ3) is 4.35. The van der Waals surface area contributed by atoms with E-state index in [1.54, 1.807) is 55.1 Å². The molecule has 1 aromatic carbocycles. The monoisotopic (exact) mass is 376 g/mol. The molecule has 2 aromatic heterocycles. The van der Waals surface area contributed by atoms with Gasteiger partial charge in [0, 0.05) is 62.3 Å². The molecule has 1 aliphatic heterocycles. The first-order valence-corrected chi connectivity index (χ1v) is 9.04. The van der Waals surface area contributed by atoms with Crippen LogP contribution in [0.1, 0.15) is 0 Å². The Hall–Kier alpha value is -3.68. The smallest absolute Gasteiger partial charge is 0.321 e. The van der Waals surface area contributed by atoms with Gasteiger partial charge < -0.3 is 19.9 Å². The van der Waals surface area contributed by atoms with Gasteiger partial charge in [-0.05, 0) is 42.5 Å². The number of carbonyl (C=O) groups is 1. The maximum atomic E-state index is 12.5. The van der Waals surface area contributed by atoms with Gasteiger partial charge in [-0.25, -0.2) is 14.8 Å². The van der Waals surface area contributed by atoms with E-state index in [9.17, 15) is 4.79 Å². The van der Waals surface area contributed by atoms with E-state index in [1.165, 1.54) is 0 Å². The van der Waals surface area contributed by atoms with Gasteiger partial charge in [0.1, 0.15) is 5.75 Å². The lowest BCUT2D eigenvalue weighted by atomic mass is 10.2. The van der Waals surface area contributed by atoms with Gasteiger partial charge in [-0.1, -0.05) is 0 Å². The summed E-state index contributed by atoms with van der Waals surface area (Å²) in [7, 11) is 0. The van der Waals surface area contributed by atoms with Crippen LogP contribution in [0.3, 0.4) is 0 Å². The average molecular weight is 376 g/mol. The fourth-order valence-corrected chi connectivity index (χ4v) is 2.97. The summed E-state index contributed by atoms with van der Waals surface area (Å²) in [5.74, 6) is 0.607.